The van der Waals surface area contributed by atoms with Crippen LogP contribution in [0.1, 0.15) is 14.2 Å². The topological polar surface area (TPSA) is 42.2 Å². The summed E-state index contributed by atoms with van der Waals surface area (Å²) in [5.74, 6) is 0. The highest BCUT2D eigenvalue weighted by Crippen LogP contribution is 2.18. The van der Waals surface area contributed by atoms with Crippen molar-refractivity contribution in [3.05, 3.63) is 6.37 Å². The van der Waals surface area contributed by atoms with E-state index in [2.05, 4.69) is 10.2 Å². The van der Waals surface area contributed by atoms with Crippen LogP contribution < -0.4 is 4.90 Å². The summed E-state index contributed by atoms with van der Waals surface area (Å²) in [5, 5.41) is 7.09. The van der Waals surface area contributed by atoms with Crippen molar-refractivity contribution in [3.8, 4) is 0 Å². The molecule has 0 N–H and O–H groups in total. The van der Waals surface area contributed by atoms with E-state index in [9.17, 15) is 4.39 Å². The molecule has 1 fully saturated rings. The Balaban J connectivity index is 2.02. The number of nitrogens with zero attached hydrogens (tertiary/aromatic N) is 3. The SMILES string of the molecule is [2H]c1nnc(N2CCC(F)CC2)o1. The lowest BCUT2D eigenvalue weighted by Crippen LogP contribution is -2.34. The van der Waals surface area contributed by atoms with Crippen LogP contribution in [0, 0.1) is 0 Å². The Morgan fingerprint density at radius 3 is 3.00 bits per heavy atom. The Morgan fingerprint density at radius 2 is 2.42 bits per heavy atom. The molecule has 0 amide bonds. The van der Waals surface area contributed by atoms with Crippen LogP contribution in [0.3, 0.4) is 0 Å². The molecule has 0 saturated carbocycles. The van der Waals surface area contributed by atoms with Crippen molar-refractivity contribution in [2.75, 3.05) is 18.0 Å². The third kappa shape index (κ3) is 1.39. The normalized spacial score (nSPS) is 21.1. The van der Waals surface area contributed by atoms with Gasteiger partial charge in [0.15, 0.2) is 0 Å². The minimum Gasteiger partial charge on any atom is -0.411 e. The van der Waals surface area contributed by atoms with Gasteiger partial charge in [-0.2, -0.15) is 0 Å². The molecule has 0 atom stereocenters. The van der Waals surface area contributed by atoms with Crippen molar-refractivity contribution in [2.24, 2.45) is 0 Å². The summed E-state index contributed by atoms with van der Waals surface area (Å²) >= 11 is 0. The Kier molecular flexibility index (Phi) is 1.64. The third-order valence-electron chi connectivity index (χ3n) is 2.01. The number of hydrogen-bond acceptors (Lipinski definition) is 4. The maximum Gasteiger partial charge on any atom is 0.317 e. The van der Waals surface area contributed by atoms with Crippen molar-refractivity contribution in [2.45, 2.75) is 19.0 Å². The predicted molar refractivity (Wildman–Crippen MR) is 40.6 cm³/mol. The molecule has 5 heteroatoms. The highest BCUT2D eigenvalue weighted by Gasteiger charge is 2.20. The number of rotatable bonds is 1. The second kappa shape index (κ2) is 3.08. The van der Waals surface area contributed by atoms with Crippen molar-refractivity contribution in [1.82, 2.24) is 10.2 Å². The van der Waals surface area contributed by atoms with Crippen molar-refractivity contribution >= 4 is 6.01 Å². The second-order valence-electron chi connectivity index (χ2n) is 2.84. The Hall–Kier alpha value is -1.13. The van der Waals surface area contributed by atoms with E-state index in [1.807, 2.05) is 0 Å². The Morgan fingerprint density at radius 1 is 1.67 bits per heavy atom. The summed E-state index contributed by atoms with van der Waals surface area (Å²) in [4.78, 5) is 1.81. The minimum absolute atomic E-state index is 0.197. The van der Waals surface area contributed by atoms with Crippen molar-refractivity contribution in [3.63, 3.8) is 0 Å². The molecule has 0 aromatic carbocycles. The average molecular weight is 172 g/mol. The molecule has 1 aromatic heterocycles. The van der Waals surface area contributed by atoms with E-state index in [1.54, 1.807) is 4.90 Å². The first-order chi connectivity index (χ1) is 6.25. The second-order valence-corrected chi connectivity index (χ2v) is 2.84. The number of aromatic nitrogens is 2. The number of anilines is 1. The average Bonchev–Trinajstić information content (AvgIpc) is 2.53. The van der Waals surface area contributed by atoms with Gasteiger partial charge in [-0.05, 0) is 12.8 Å². The van der Waals surface area contributed by atoms with Crippen LogP contribution in [0.15, 0.2) is 10.8 Å². The molecule has 2 heterocycles. The number of halogens is 1. The maximum absolute atomic E-state index is 12.7. The summed E-state index contributed by atoms with van der Waals surface area (Å²) in [6.45, 7) is 1.17. The lowest BCUT2D eigenvalue weighted by Gasteiger charge is -2.26. The summed E-state index contributed by atoms with van der Waals surface area (Å²) < 4.78 is 24.7. The Bertz CT molecular complexity index is 285. The van der Waals surface area contributed by atoms with Crippen LogP contribution in [0.5, 0.6) is 0 Å². The number of hydrogen-bond donors (Lipinski definition) is 0. The minimum atomic E-state index is -0.713. The van der Waals surface area contributed by atoms with Crippen LogP contribution in [-0.4, -0.2) is 29.5 Å². The largest absolute Gasteiger partial charge is 0.411 e. The molecule has 12 heavy (non-hydrogen) atoms. The van der Waals surface area contributed by atoms with Gasteiger partial charge >= 0.3 is 6.01 Å². The smallest absolute Gasteiger partial charge is 0.317 e. The van der Waals surface area contributed by atoms with Gasteiger partial charge in [-0.3, -0.25) is 0 Å². The maximum atomic E-state index is 12.7. The first-order valence-corrected chi connectivity index (χ1v) is 3.95. The van der Waals surface area contributed by atoms with Gasteiger partial charge in [-0.25, -0.2) is 4.39 Å². The van der Waals surface area contributed by atoms with Crippen molar-refractivity contribution in [1.29, 1.82) is 0 Å². The molecular weight excluding hydrogens is 161 g/mol. The van der Waals surface area contributed by atoms with E-state index in [0.29, 0.717) is 31.9 Å². The highest BCUT2D eigenvalue weighted by molar-refractivity contribution is 5.23. The zero-order chi connectivity index (χ0) is 9.26. The molecule has 1 aromatic rings. The van der Waals surface area contributed by atoms with Gasteiger partial charge in [0.2, 0.25) is 6.37 Å². The van der Waals surface area contributed by atoms with Crippen LogP contribution in [0.4, 0.5) is 10.4 Å². The standard InChI is InChI=1S/C7H10FN3O/c8-6-1-3-11(4-2-6)7-10-9-5-12-7/h5-6H,1-4H2/i5D. The lowest BCUT2D eigenvalue weighted by atomic mass is 10.1. The predicted octanol–water partition coefficient (Wildman–Crippen LogP) is 1.01. The summed E-state index contributed by atoms with van der Waals surface area (Å²) in [6.07, 6.45) is 0.0813. The number of alkyl halides is 1. The highest BCUT2D eigenvalue weighted by atomic mass is 19.1. The monoisotopic (exact) mass is 172 g/mol. The molecule has 0 spiro atoms. The first kappa shape index (κ1) is 6.39. The zero-order valence-corrected chi connectivity index (χ0v) is 6.53. The van der Waals surface area contributed by atoms with Gasteiger partial charge in [-0.1, -0.05) is 5.10 Å². The van der Waals surface area contributed by atoms with Gasteiger partial charge in [0.05, 0.1) is 0 Å². The molecule has 66 valence electrons. The molecule has 1 aliphatic rings. The number of piperidine rings is 1. The van der Waals surface area contributed by atoms with Gasteiger partial charge in [-0.15, -0.1) is 5.10 Å². The van der Waals surface area contributed by atoms with E-state index in [1.165, 1.54) is 0 Å². The molecule has 1 saturated heterocycles. The zero-order valence-electron chi connectivity index (χ0n) is 7.53. The van der Waals surface area contributed by atoms with E-state index >= 15 is 0 Å². The summed E-state index contributed by atoms with van der Waals surface area (Å²) in [6, 6.07) is 0.330. The molecule has 1 aliphatic heterocycles. The van der Waals surface area contributed by atoms with Crippen LogP contribution in [-0.2, 0) is 0 Å². The van der Waals surface area contributed by atoms with Gasteiger partial charge in [0.25, 0.3) is 0 Å². The molecule has 2 rings (SSSR count). The van der Waals surface area contributed by atoms with Gasteiger partial charge in [0.1, 0.15) is 7.54 Å². The third-order valence-corrected chi connectivity index (χ3v) is 2.01. The summed E-state index contributed by atoms with van der Waals surface area (Å²) in [5.41, 5.74) is 0. The van der Waals surface area contributed by atoms with Crippen LogP contribution in [0.2, 0.25) is 0 Å². The van der Waals surface area contributed by atoms with E-state index in [-0.39, 0.29) is 6.37 Å². The van der Waals surface area contributed by atoms with E-state index in [0.717, 1.165) is 0 Å². The fourth-order valence-electron chi connectivity index (χ4n) is 1.31. The lowest BCUT2D eigenvalue weighted by molar-refractivity contribution is 0.272. The van der Waals surface area contributed by atoms with Gasteiger partial charge in [0, 0.05) is 13.1 Å². The summed E-state index contributed by atoms with van der Waals surface area (Å²) in [7, 11) is 0. The first-order valence-electron chi connectivity index (χ1n) is 4.45. The molecule has 4 nitrogen and oxygen atoms in total. The van der Waals surface area contributed by atoms with Crippen molar-refractivity contribution < 1.29 is 10.2 Å². The quantitative estimate of drug-likeness (QED) is 0.634. The van der Waals surface area contributed by atoms with Gasteiger partial charge < -0.3 is 9.32 Å². The van der Waals surface area contributed by atoms with Crippen LogP contribution in [0.25, 0.3) is 0 Å². The Labute approximate surface area is 70.8 Å². The molecule has 0 aliphatic carbocycles. The van der Waals surface area contributed by atoms with E-state index in [4.69, 9.17) is 5.79 Å². The molecular formula is C7H10FN3O. The molecule has 0 unspecified atom stereocenters. The molecule has 0 bridgehead atoms. The fraction of sp³-hybridized carbons (Fsp3) is 0.714. The van der Waals surface area contributed by atoms with E-state index < -0.39 is 6.17 Å². The fourth-order valence-corrected chi connectivity index (χ4v) is 1.31. The van der Waals surface area contributed by atoms with Crippen LogP contribution >= 0.6 is 0 Å². The molecule has 0 radical (unpaired) electrons.